The van der Waals surface area contributed by atoms with Gasteiger partial charge in [0.15, 0.2) is 0 Å². The van der Waals surface area contributed by atoms with Crippen molar-refractivity contribution in [1.82, 2.24) is 10.3 Å². The molecule has 0 bridgehead atoms. The summed E-state index contributed by atoms with van der Waals surface area (Å²) < 4.78 is 28.0. The first kappa shape index (κ1) is 19.9. The number of carbonyl (C=O) groups excluding carboxylic acids is 1. The molecule has 0 aliphatic carbocycles. The van der Waals surface area contributed by atoms with Crippen molar-refractivity contribution in [2.45, 2.75) is 18.4 Å². The van der Waals surface area contributed by atoms with Gasteiger partial charge in [-0.2, -0.15) is 0 Å². The number of amides is 1. The molecule has 6 nitrogen and oxygen atoms in total. The minimum absolute atomic E-state index is 0.0332. The van der Waals surface area contributed by atoms with E-state index in [9.17, 15) is 13.2 Å². The van der Waals surface area contributed by atoms with E-state index in [0.717, 1.165) is 11.1 Å². The molecule has 0 aliphatic heterocycles. The van der Waals surface area contributed by atoms with Gasteiger partial charge in [0.1, 0.15) is 4.90 Å². The average Bonchev–Trinajstić information content (AvgIpc) is 2.67. The van der Waals surface area contributed by atoms with Gasteiger partial charge >= 0.3 is 0 Å². The zero-order chi connectivity index (χ0) is 20.1. The number of aryl methyl sites for hydroxylation is 1. The number of rotatable bonds is 6. The first-order valence-corrected chi connectivity index (χ1v) is 10.3. The maximum Gasteiger partial charge on any atom is 0.263 e. The van der Waals surface area contributed by atoms with Crippen LogP contribution in [0.25, 0.3) is 0 Å². The Bertz CT molecular complexity index is 1100. The zero-order valence-electron chi connectivity index (χ0n) is 15.0. The molecule has 3 aromatic rings. The van der Waals surface area contributed by atoms with Crippen molar-refractivity contribution < 1.29 is 13.2 Å². The van der Waals surface area contributed by atoms with Crippen LogP contribution in [-0.2, 0) is 16.6 Å². The van der Waals surface area contributed by atoms with E-state index in [4.69, 9.17) is 11.6 Å². The quantitative estimate of drug-likeness (QED) is 0.641. The number of hydrogen-bond acceptors (Lipinski definition) is 4. The summed E-state index contributed by atoms with van der Waals surface area (Å²) in [7, 11) is -3.95. The second kappa shape index (κ2) is 8.41. The molecule has 0 saturated heterocycles. The van der Waals surface area contributed by atoms with E-state index in [1.807, 2.05) is 13.0 Å². The standard InChI is InChI=1S/C20H18ClN3O3S/c1-14-3-2-4-17(11-14)24-28(26,27)19-12-16(5-6-18(19)21)20(25)23-13-15-7-9-22-10-8-15/h2-12,24H,13H2,1H3,(H,23,25). The molecule has 0 radical (unpaired) electrons. The second-order valence-electron chi connectivity index (χ2n) is 6.16. The van der Waals surface area contributed by atoms with Gasteiger partial charge in [-0.25, -0.2) is 8.42 Å². The molecule has 0 fully saturated rings. The lowest BCUT2D eigenvalue weighted by atomic mass is 10.2. The van der Waals surface area contributed by atoms with E-state index in [1.165, 1.54) is 18.2 Å². The van der Waals surface area contributed by atoms with Crippen molar-refractivity contribution in [2.24, 2.45) is 0 Å². The molecular weight excluding hydrogens is 398 g/mol. The van der Waals surface area contributed by atoms with Gasteiger partial charge in [-0.15, -0.1) is 0 Å². The molecule has 144 valence electrons. The Hall–Kier alpha value is -2.90. The third-order valence-electron chi connectivity index (χ3n) is 3.96. The summed E-state index contributed by atoms with van der Waals surface area (Å²) in [6, 6.07) is 14.7. The highest BCUT2D eigenvalue weighted by Crippen LogP contribution is 2.25. The molecule has 8 heteroatoms. The number of benzene rings is 2. The van der Waals surface area contributed by atoms with Crippen molar-refractivity contribution in [3.63, 3.8) is 0 Å². The van der Waals surface area contributed by atoms with Crippen LogP contribution in [0.3, 0.4) is 0 Å². The van der Waals surface area contributed by atoms with Crippen LogP contribution in [0.5, 0.6) is 0 Å². The van der Waals surface area contributed by atoms with Crippen LogP contribution < -0.4 is 10.0 Å². The molecule has 3 rings (SSSR count). The average molecular weight is 416 g/mol. The fourth-order valence-electron chi connectivity index (χ4n) is 2.55. The number of anilines is 1. The van der Waals surface area contributed by atoms with Gasteiger partial charge in [0.25, 0.3) is 15.9 Å². The van der Waals surface area contributed by atoms with E-state index in [-0.39, 0.29) is 15.5 Å². The second-order valence-corrected chi connectivity index (χ2v) is 8.22. The van der Waals surface area contributed by atoms with E-state index in [0.29, 0.717) is 12.2 Å². The van der Waals surface area contributed by atoms with Crippen LogP contribution in [0.15, 0.2) is 71.9 Å². The van der Waals surface area contributed by atoms with E-state index >= 15 is 0 Å². The number of aromatic nitrogens is 1. The van der Waals surface area contributed by atoms with Crippen LogP contribution in [-0.4, -0.2) is 19.3 Å². The van der Waals surface area contributed by atoms with E-state index < -0.39 is 15.9 Å². The summed E-state index contributed by atoms with van der Waals surface area (Å²) in [4.78, 5) is 16.2. The number of pyridine rings is 1. The third-order valence-corrected chi connectivity index (χ3v) is 5.82. The Labute approximate surface area is 168 Å². The molecule has 1 aromatic heterocycles. The highest BCUT2D eigenvalue weighted by atomic mass is 35.5. The van der Waals surface area contributed by atoms with E-state index in [1.54, 1.807) is 42.7 Å². The Morgan fingerprint density at radius 2 is 1.82 bits per heavy atom. The first-order chi connectivity index (χ1) is 13.3. The van der Waals surface area contributed by atoms with Crippen molar-refractivity contribution >= 4 is 33.2 Å². The molecule has 0 unspecified atom stereocenters. The van der Waals surface area contributed by atoms with E-state index in [2.05, 4.69) is 15.0 Å². The molecule has 1 heterocycles. The molecule has 1 amide bonds. The highest BCUT2D eigenvalue weighted by molar-refractivity contribution is 7.92. The van der Waals surface area contributed by atoms with Crippen molar-refractivity contribution in [1.29, 1.82) is 0 Å². The third kappa shape index (κ3) is 4.88. The molecule has 0 saturated carbocycles. The topological polar surface area (TPSA) is 88.2 Å². The van der Waals surface area contributed by atoms with Crippen LogP contribution in [0.4, 0.5) is 5.69 Å². The molecule has 0 aliphatic rings. The highest BCUT2D eigenvalue weighted by Gasteiger charge is 2.20. The SMILES string of the molecule is Cc1cccc(NS(=O)(=O)c2cc(C(=O)NCc3ccncc3)ccc2Cl)c1. The van der Waals surface area contributed by atoms with Crippen LogP contribution in [0.1, 0.15) is 21.5 Å². The number of halogens is 1. The summed E-state index contributed by atoms with van der Waals surface area (Å²) in [6.45, 7) is 2.16. The Kier molecular flexibility index (Phi) is 5.96. The summed E-state index contributed by atoms with van der Waals surface area (Å²) in [5, 5.41) is 2.78. The normalized spacial score (nSPS) is 11.1. The maximum absolute atomic E-state index is 12.8. The van der Waals surface area contributed by atoms with Crippen molar-refractivity contribution in [3.05, 3.63) is 88.7 Å². The van der Waals surface area contributed by atoms with Gasteiger partial charge < -0.3 is 5.32 Å². The summed E-state index contributed by atoms with van der Waals surface area (Å²) in [5.74, 6) is -0.402. The predicted molar refractivity (Wildman–Crippen MR) is 109 cm³/mol. The fourth-order valence-corrected chi connectivity index (χ4v) is 4.13. The maximum atomic E-state index is 12.8. The first-order valence-electron chi connectivity index (χ1n) is 8.41. The number of sulfonamides is 1. The number of carbonyl (C=O) groups is 1. The monoisotopic (exact) mass is 415 g/mol. The van der Waals surface area contributed by atoms with Gasteiger partial charge in [-0.05, 0) is 60.5 Å². The summed E-state index contributed by atoms with van der Waals surface area (Å²) >= 11 is 6.10. The Morgan fingerprint density at radius 3 is 2.54 bits per heavy atom. The summed E-state index contributed by atoms with van der Waals surface area (Å²) in [5.41, 5.74) is 2.41. The van der Waals surface area contributed by atoms with Gasteiger partial charge in [-0.1, -0.05) is 23.7 Å². The number of hydrogen-bond donors (Lipinski definition) is 2. The molecule has 0 atom stereocenters. The minimum Gasteiger partial charge on any atom is -0.348 e. The largest absolute Gasteiger partial charge is 0.348 e. The number of nitrogens with zero attached hydrogens (tertiary/aromatic N) is 1. The predicted octanol–water partition coefficient (Wildman–Crippen LogP) is 3.77. The van der Waals surface area contributed by atoms with Gasteiger partial charge in [-0.3, -0.25) is 14.5 Å². The van der Waals surface area contributed by atoms with Crippen molar-refractivity contribution in [3.8, 4) is 0 Å². The van der Waals surface area contributed by atoms with Crippen molar-refractivity contribution in [2.75, 3.05) is 4.72 Å². The zero-order valence-corrected chi connectivity index (χ0v) is 16.6. The molecule has 2 N–H and O–H groups in total. The molecule has 2 aromatic carbocycles. The molecular formula is C20H18ClN3O3S. The fraction of sp³-hybridized carbons (Fsp3) is 0.100. The summed E-state index contributed by atoms with van der Waals surface area (Å²) in [6.07, 6.45) is 3.26. The minimum atomic E-state index is -3.95. The lowest BCUT2D eigenvalue weighted by Crippen LogP contribution is -2.23. The smallest absolute Gasteiger partial charge is 0.263 e. The molecule has 0 spiro atoms. The Morgan fingerprint density at radius 1 is 1.07 bits per heavy atom. The van der Waals surface area contributed by atoms with Gasteiger partial charge in [0, 0.05) is 30.2 Å². The number of nitrogens with one attached hydrogen (secondary N) is 2. The lowest BCUT2D eigenvalue weighted by molar-refractivity contribution is 0.0950. The lowest BCUT2D eigenvalue weighted by Gasteiger charge is -2.12. The van der Waals surface area contributed by atoms with Crippen LogP contribution in [0, 0.1) is 6.92 Å². The van der Waals surface area contributed by atoms with Crippen LogP contribution >= 0.6 is 11.6 Å². The van der Waals surface area contributed by atoms with Gasteiger partial charge in [0.05, 0.1) is 5.02 Å². The van der Waals surface area contributed by atoms with Gasteiger partial charge in [0.2, 0.25) is 0 Å². The Balaban J connectivity index is 1.81. The molecule has 28 heavy (non-hydrogen) atoms. The van der Waals surface area contributed by atoms with Crippen LogP contribution in [0.2, 0.25) is 5.02 Å².